The smallest absolute Gasteiger partial charge is 0.229 e. The highest BCUT2D eigenvalue weighted by Crippen LogP contribution is 2.31. The van der Waals surface area contributed by atoms with Crippen molar-refractivity contribution in [2.24, 2.45) is 5.92 Å². The zero-order valence-corrected chi connectivity index (χ0v) is 16.6. The quantitative estimate of drug-likeness (QED) is 0.559. The highest BCUT2D eigenvalue weighted by Gasteiger charge is 2.35. The summed E-state index contributed by atoms with van der Waals surface area (Å²) in [6.07, 6.45) is 1.90. The summed E-state index contributed by atoms with van der Waals surface area (Å²) in [7, 11) is 0. The molecular formula is C22H18N4O2S. The molecule has 1 fully saturated rings. The molecule has 1 aliphatic rings. The van der Waals surface area contributed by atoms with Crippen molar-refractivity contribution in [1.82, 2.24) is 9.97 Å². The monoisotopic (exact) mass is 402 g/mol. The molecular weight excluding hydrogens is 384 g/mol. The second-order valence-electron chi connectivity index (χ2n) is 7.16. The number of anilines is 2. The van der Waals surface area contributed by atoms with E-state index in [2.05, 4.69) is 15.3 Å². The largest absolute Gasteiger partial charge is 0.324 e. The molecule has 144 valence electrons. The molecule has 1 atom stereocenters. The number of benzene rings is 2. The average molecular weight is 402 g/mol. The summed E-state index contributed by atoms with van der Waals surface area (Å²) in [5, 5.41) is 4.91. The summed E-state index contributed by atoms with van der Waals surface area (Å²) < 4.78 is 1.09. The van der Waals surface area contributed by atoms with Crippen LogP contribution >= 0.6 is 11.3 Å². The summed E-state index contributed by atoms with van der Waals surface area (Å²) in [5.74, 6) is -0.619. The Labute approximate surface area is 171 Å². The van der Waals surface area contributed by atoms with E-state index >= 15 is 0 Å². The standard InChI is InChI=1S/C22H18N4O2S/c1-13-24-18-11-16(7-8-19(18)29-13)26-12-15(10-20(26)27)22(28)25-17-6-2-4-14-5-3-9-23-21(14)17/h2-9,11,15H,10,12H2,1H3,(H,25,28). The number of pyridine rings is 1. The molecule has 5 rings (SSSR count). The molecule has 2 amide bonds. The zero-order chi connectivity index (χ0) is 20.0. The fraction of sp³-hybridized carbons (Fsp3) is 0.182. The van der Waals surface area contributed by atoms with Crippen LogP contribution in [-0.2, 0) is 9.59 Å². The Morgan fingerprint density at radius 2 is 2.07 bits per heavy atom. The maximum Gasteiger partial charge on any atom is 0.229 e. The molecule has 0 radical (unpaired) electrons. The maximum absolute atomic E-state index is 12.9. The molecule has 1 unspecified atom stereocenters. The lowest BCUT2D eigenvalue weighted by molar-refractivity contribution is -0.122. The molecule has 29 heavy (non-hydrogen) atoms. The second-order valence-corrected chi connectivity index (χ2v) is 8.40. The minimum Gasteiger partial charge on any atom is -0.324 e. The van der Waals surface area contributed by atoms with Gasteiger partial charge in [-0.3, -0.25) is 14.6 Å². The van der Waals surface area contributed by atoms with E-state index in [0.29, 0.717) is 12.2 Å². The van der Waals surface area contributed by atoms with Crippen LogP contribution < -0.4 is 10.2 Å². The number of para-hydroxylation sites is 1. The first-order chi connectivity index (χ1) is 14.1. The number of carbonyl (C=O) groups excluding carboxylic acids is 2. The van der Waals surface area contributed by atoms with Crippen LogP contribution in [0.5, 0.6) is 0 Å². The van der Waals surface area contributed by atoms with E-state index in [4.69, 9.17) is 0 Å². The Hall–Kier alpha value is -3.32. The van der Waals surface area contributed by atoms with Crippen molar-refractivity contribution in [1.29, 1.82) is 0 Å². The van der Waals surface area contributed by atoms with E-state index in [1.807, 2.05) is 55.5 Å². The van der Waals surface area contributed by atoms with Gasteiger partial charge in [0.25, 0.3) is 0 Å². The summed E-state index contributed by atoms with van der Waals surface area (Å²) in [5.41, 5.74) is 3.08. The lowest BCUT2D eigenvalue weighted by Gasteiger charge is -2.17. The third-order valence-electron chi connectivity index (χ3n) is 5.18. The zero-order valence-electron chi connectivity index (χ0n) is 15.8. The van der Waals surface area contributed by atoms with Crippen molar-refractivity contribution in [3.63, 3.8) is 0 Å². The molecule has 0 saturated carbocycles. The molecule has 0 bridgehead atoms. The van der Waals surface area contributed by atoms with E-state index < -0.39 is 5.92 Å². The van der Waals surface area contributed by atoms with Crippen LogP contribution in [0.2, 0.25) is 0 Å². The second kappa shape index (κ2) is 6.93. The van der Waals surface area contributed by atoms with E-state index in [0.717, 1.165) is 31.8 Å². The molecule has 1 N–H and O–H groups in total. The van der Waals surface area contributed by atoms with Crippen LogP contribution in [0.3, 0.4) is 0 Å². The Balaban J connectivity index is 1.37. The van der Waals surface area contributed by atoms with Crippen molar-refractivity contribution < 1.29 is 9.59 Å². The first-order valence-corrected chi connectivity index (χ1v) is 10.2. The third kappa shape index (κ3) is 3.23. The van der Waals surface area contributed by atoms with Gasteiger partial charge in [0, 0.05) is 30.2 Å². The van der Waals surface area contributed by atoms with E-state index in [9.17, 15) is 9.59 Å². The van der Waals surface area contributed by atoms with Crippen LogP contribution in [0, 0.1) is 12.8 Å². The van der Waals surface area contributed by atoms with Crippen LogP contribution in [-0.4, -0.2) is 28.3 Å². The van der Waals surface area contributed by atoms with Gasteiger partial charge in [-0.05, 0) is 37.3 Å². The SMILES string of the molecule is Cc1nc2cc(N3CC(C(=O)Nc4cccc5cccnc45)CC3=O)ccc2s1. The normalized spacial score (nSPS) is 16.7. The van der Waals surface area contributed by atoms with Crippen LogP contribution in [0.25, 0.3) is 21.1 Å². The van der Waals surface area contributed by atoms with E-state index in [1.54, 1.807) is 22.4 Å². The first kappa shape index (κ1) is 17.8. The number of rotatable bonds is 3. The number of aromatic nitrogens is 2. The number of amides is 2. The molecule has 2 aromatic carbocycles. The van der Waals surface area contributed by atoms with Crippen molar-refractivity contribution in [3.05, 3.63) is 59.7 Å². The van der Waals surface area contributed by atoms with Gasteiger partial charge in [-0.25, -0.2) is 4.98 Å². The van der Waals surface area contributed by atoms with Gasteiger partial charge >= 0.3 is 0 Å². The number of aryl methyl sites for hydroxylation is 1. The van der Waals surface area contributed by atoms with Crippen LogP contribution in [0.1, 0.15) is 11.4 Å². The summed E-state index contributed by atoms with van der Waals surface area (Å²) in [4.78, 5) is 36.0. The molecule has 4 aromatic rings. The van der Waals surface area contributed by atoms with E-state index in [-0.39, 0.29) is 18.2 Å². The number of fused-ring (bicyclic) bond motifs is 2. The molecule has 1 aliphatic heterocycles. The Morgan fingerprint density at radius 1 is 1.21 bits per heavy atom. The van der Waals surface area contributed by atoms with Gasteiger partial charge in [-0.15, -0.1) is 11.3 Å². The molecule has 0 spiro atoms. The minimum absolute atomic E-state index is 0.0486. The minimum atomic E-state index is -0.408. The lowest BCUT2D eigenvalue weighted by Crippen LogP contribution is -2.28. The van der Waals surface area contributed by atoms with Crippen molar-refractivity contribution >= 4 is 55.6 Å². The molecule has 6 nitrogen and oxygen atoms in total. The fourth-order valence-electron chi connectivity index (χ4n) is 3.77. The Morgan fingerprint density at radius 3 is 2.97 bits per heavy atom. The summed E-state index contributed by atoms with van der Waals surface area (Å²) in [6, 6.07) is 15.3. The van der Waals surface area contributed by atoms with Gasteiger partial charge in [-0.1, -0.05) is 18.2 Å². The van der Waals surface area contributed by atoms with Crippen molar-refractivity contribution in [3.8, 4) is 0 Å². The van der Waals surface area contributed by atoms with E-state index in [1.165, 1.54) is 0 Å². The van der Waals surface area contributed by atoms with Gasteiger partial charge in [0.15, 0.2) is 0 Å². The van der Waals surface area contributed by atoms with Gasteiger partial charge in [0.05, 0.1) is 32.3 Å². The Bertz CT molecular complexity index is 1260. The third-order valence-corrected chi connectivity index (χ3v) is 6.13. The number of carbonyl (C=O) groups is 2. The van der Waals surface area contributed by atoms with Gasteiger partial charge in [0.1, 0.15) is 0 Å². The summed E-state index contributed by atoms with van der Waals surface area (Å²) >= 11 is 1.63. The maximum atomic E-state index is 12.9. The predicted molar refractivity (Wildman–Crippen MR) is 115 cm³/mol. The highest BCUT2D eigenvalue weighted by molar-refractivity contribution is 7.18. The van der Waals surface area contributed by atoms with Gasteiger partial charge in [-0.2, -0.15) is 0 Å². The number of nitrogens with one attached hydrogen (secondary N) is 1. The number of thiazole rings is 1. The van der Waals surface area contributed by atoms with Crippen molar-refractivity contribution in [2.75, 3.05) is 16.8 Å². The predicted octanol–water partition coefficient (Wildman–Crippen LogP) is 4.14. The number of nitrogens with zero attached hydrogens (tertiary/aromatic N) is 3. The first-order valence-electron chi connectivity index (χ1n) is 9.41. The fourth-order valence-corrected chi connectivity index (χ4v) is 4.58. The number of hydrogen-bond donors (Lipinski definition) is 1. The molecule has 3 heterocycles. The molecule has 7 heteroatoms. The topological polar surface area (TPSA) is 75.2 Å². The summed E-state index contributed by atoms with van der Waals surface area (Å²) in [6.45, 7) is 2.32. The van der Waals surface area contributed by atoms with Crippen molar-refractivity contribution in [2.45, 2.75) is 13.3 Å². The van der Waals surface area contributed by atoms with Crippen LogP contribution in [0.15, 0.2) is 54.7 Å². The number of hydrogen-bond acceptors (Lipinski definition) is 5. The highest BCUT2D eigenvalue weighted by atomic mass is 32.1. The lowest BCUT2D eigenvalue weighted by atomic mass is 10.1. The molecule has 0 aliphatic carbocycles. The van der Waals surface area contributed by atoms with Gasteiger partial charge in [0.2, 0.25) is 11.8 Å². The van der Waals surface area contributed by atoms with Crippen LogP contribution in [0.4, 0.5) is 11.4 Å². The van der Waals surface area contributed by atoms with Gasteiger partial charge < -0.3 is 10.2 Å². The average Bonchev–Trinajstić information content (AvgIpc) is 3.29. The Kier molecular flexibility index (Phi) is 4.24. The molecule has 2 aromatic heterocycles. The molecule has 1 saturated heterocycles.